The van der Waals surface area contributed by atoms with Crippen LogP contribution < -0.4 is 11.1 Å². The van der Waals surface area contributed by atoms with Crippen LogP contribution in [0.3, 0.4) is 0 Å². The quantitative estimate of drug-likeness (QED) is 0.681. The van der Waals surface area contributed by atoms with E-state index < -0.39 is 0 Å². The van der Waals surface area contributed by atoms with E-state index in [1.54, 1.807) is 0 Å². The number of aromatic amines is 1. The summed E-state index contributed by atoms with van der Waals surface area (Å²) in [6.45, 7) is 0.481. The lowest BCUT2D eigenvalue weighted by atomic mass is 10.2. The zero-order chi connectivity index (χ0) is 13.9. The van der Waals surface area contributed by atoms with Gasteiger partial charge in [-0.15, -0.1) is 0 Å². The minimum Gasteiger partial charge on any atom is -0.396 e. The van der Waals surface area contributed by atoms with Crippen molar-refractivity contribution in [2.24, 2.45) is 0 Å². The second-order valence-electron chi connectivity index (χ2n) is 4.63. The smallest absolute Gasteiger partial charge is 0.270 e. The van der Waals surface area contributed by atoms with Crippen molar-refractivity contribution in [1.82, 2.24) is 10.3 Å². The van der Waals surface area contributed by atoms with Gasteiger partial charge in [0.25, 0.3) is 5.91 Å². The number of nitrogen functional groups attached to an aromatic ring is 1. The van der Waals surface area contributed by atoms with Crippen molar-refractivity contribution in [3.63, 3.8) is 0 Å². The fourth-order valence-electron chi connectivity index (χ4n) is 2.21. The second kappa shape index (κ2) is 5.09. The van der Waals surface area contributed by atoms with E-state index in [-0.39, 0.29) is 5.91 Å². The molecule has 2 aromatic carbocycles. The number of para-hydroxylation sites is 1. The highest BCUT2D eigenvalue weighted by Crippen LogP contribution is 2.24. The molecule has 100 valence electrons. The molecule has 3 aromatic rings. The highest BCUT2D eigenvalue weighted by atomic mass is 16.1. The van der Waals surface area contributed by atoms with E-state index in [4.69, 9.17) is 5.73 Å². The van der Waals surface area contributed by atoms with Gasteiger partial charge in [0, 0.05) is 17.4 Å². The van der Waals surface area contributed by atoms with Gasteiger partial charge in [0.2, 0.25) is 0 Å². The topological polar surface area (TPSA) is 70.9 Å². The number of fused-ring (bicyclic) bond motifs is 1. The molecule has 0 aliphatic rings. The third-order valence-corrected chi connectivity index (χ3v) is 3.27. The van der Waals surface area contributed by atoms with E-state index in [1.807, 2.05) is 54.6 Å². The normalized spacial score (nSPS) is 10.6. The molecular formula is C16H15N3O. The van der Waals surface area contributed by atoms with Crippen molar-refractivity contribution in [1.29, 1.82) is 0 Å². The number of nitrogens with one attached hydrogen (secondary N) is 2. The summed E-state index contributed by atoms with van der Waals surface area (Å²) in [4.78, 5) is 15.2. The van der Waals surface area contributed by atoms with Crippen LogP contribution in [0.25, 0.3) is 10.9 Å². The van der Waals surface area contributed by atoms with Gasteiger partial charge in [0.1, 0.15) is 5.69 Å². The van der Waals surface area contributed by atoms with E-state index in [1.165, 1.54) is 0 Å². The Balaban J connectivity index is 1.81. The lowest BCUT2D eigenvalue weighted by molar-refractivity contribution is 0.0947. The van der Waals surface area contributed by atoms with E-state index >= 15 is 0 Å². The molecule has 0 spiro atoms. The van der Waals surface area contributed by atoms with Gasteiger partial charge in [0.05, 0.1) is 5.69 Å². The maximum absolute atomic E-state index is 12.2. The Morgan fingerprint density at radius 3 is 2.50 bits per heavy atom. The monoisotopic (exact) mass is 265 g/mol. The van der Waals surface area contributed by atoms with Gasteiger partial charge >= 0.3 is 0 Å². The van der Waals surface area contributed by atoms with Crippen LogP contribution in [0.15, 0.2) is 54.6 Å². The van der Waals surface area contributed by atoms with Crippen molar-refractivity contribution in [2.75, 3.05) is 5.73 Å². The van der Waals surface area contributed by atoms with Crippen LogP contribution >= 0.6 is 0 Å². The van der Waals surface area contributed by atoms with Crippen molar-refractivity contribution in [3.8, 4) is 0 Å². The molecule has 4 N–H and O–H groups in total. The first-order valence-corrected chi connectivity index (χ1v) is 6.44. The first kappa shape index (κ1) is 12.3. The molecule has 3 rings (SSSR count). The number of aromatic nitrogens is 1. The average molecular weight is 265 g/mol. The molecule has 0 atom stereocenters. The number of benzene rings is 2. The van der Waals surface area contributed by atoms with Crippen LogP contribution in [-0.2, 0) is 6.54 Å². The zero-order valence-electron chi connectivity index (χ0n) is 10.9. The van der Waals surface area contributed by atoms with Crippen LogP contribution in [0.2, 0.25) is 0 Å². The average Bonchev–Trinajstić information content (AvgIpc) is 2.84. The Morgan fingerprint density at radius 1 is 1.05 bits per heavy atom. The molecule has 0 saturated carbocycles. The first-order chi connectivity index (χ1) is 9.75. The number of carbonyl (C=O) groups excluding carboxylic acids is 1. The number of rotatable bonds is 3. The van der Waals surface area contributed by atoms with Gasteiger partial charge in [-0.2, -0.15) is 0 Å². The summed E-state index contributed by atoms with van der Waals surface area (Å²) < 4.78 is 0. The van der Waals surface area contributed by atoms with Crippen LogP contribution in [0.4, 0.5) is 5.69 Å². The van der Waals surface area contributed by atoms with Gasteiger partial charge in [-0.1, -0.05) is 48.5 Å². The van der Waals surface area contributed by atoms with Crippen LogP contribution in [-0.4, -0.2) is 10.9 Å². The molecule has 0 fully saturated rings. The number of nitrogens with two attached hydrogens (primary N) is 1. The summed E-state index contributed by atoms with van der Waals surface area (Å²) >= 11 is 0. The first-order valence-electron chi connectivity index (χ1n) is 6.44. The van der Waals surface area contributed by atoms with Crippen molar-refractivity contribution in [3.05, 3.63) is 65.9 Å². The molecule has 1 heterocycles. The number of amides is 1. The van der Waals surface area contributed by atoms with Crippen molar-refractivity contribution >= 4 is 22.5 Å². The lowest BCUT2D eigenvalue weighted by Gasteiger charge is -2.04. The molecule has 0 unspecified atom stereocenters. The number of anilines is 1. The summed E-state index contributed by atoms with van der Waals surface area (Å²) in [5, 5.41) is 3.74. The molecule has 0 bridgehead atoms. The maximum atomic E-state index is 12.2. The Hall–Kier alpha value is -2.75. The van der Waals surface area contributed by atoms with Gasteiger partial charge in [-0.05, 0) is 11.6 Å². The predicted molar refractivity (Wildman–Crippen MR) is 80.3 cm³/mol. The standard InChI is InChI=1S/C16H15N3O/c17-14-12-8-4-5-9-13(12)19-15(14)16(20)18-10-11-6-2-1-3-7-11/h1-9,19H,10,17H2,(H,18,20). The molecule has 0 saturated heterocycles. The highest BCUT2D eigenvalue weighted by Gasteiger charge is 2.14. The van der Waals surface area contributed by atoms with Crippen LogP contribution in [0, 0.1) is 0 Å². The third-order valence-electron chi connectivity index (χ3n) is 3.27. The highest BCUT2D eigenvalue weighted by molar-refractivity contribution is 6.07. The number of hydrogen-bond donors (Lipinski definition) is 3. The molecule has 4 nitrogen and oxygen atoms in total. The van der Waals surface area contributed by atoms with Crippen molar-refractivity contribution < 1.29 is 4.79 Å². The molecule has 1 aromatic heterocycles. The van der Waals surface area contributed by atoms with Gasteiger partial charge in [-0.3, -0.25) is 4.79 Å². The number of H-pyrrole nitrogens is 1. The maximum Gasteiger partial charge on any atom is 0.270 e. The summed E-state index contributed by atoms with van der Waals surface area (Å²) in [5.41, 5.74) is 8.85. The number of hydrogen-bond acceptors (Lipinski definition) is 2. The fourth-order valence-corrected chi connectivity index (χ4v) is 2.21. The SMILES string of the molecule is Nc1c(C(=O)NCc2ccccc2)[nH]c2ccccc12. The summed E-state index contributed by atoms with van der Waals surface area (Å²) in [6, 6.07) is 17.4. The predicted octanol–water partition coefficient (Wildman–Crippen LogP) is 2.68. The van der Waals surface area contributed by atoms with Gasteiger partial charge < -0.3 is 16.0 Å². The third kappa shape index (κ3) is 2.23. The summed E-state index contributed by atoms with van der Waals surface area (Å²) in [6.07, 6.45) is 0. The van der Waals surface area contributed by atoms with E-state index in [2.05, 4.69) is 10.3 Å². The minimum absolute atomic E-state index is 0.192. The summed E-state index contributed by atoms with van der Waals surface area (Å²) in [7, 11) is 0. The van der Waals surface area contributed by atoms with Gasteiger partial charge in [0.15, 0.2) is 0 Å². The molecule has 0 radical (unpaired) electrons. The molecule has 0 aliphatic carbocycles. The molecular weight excluding hydrogens is 250 g/mol. The Bertz CT molecular complexity index is 747. The summed E-state index contributed by atoms with van der Waals surface area (Å²) in [5.74, 6) is -0.192. The van der Waals surface area contributed by atoms with E-state index in [0.29, 0.717) is 17.9 Å². The molecule has 1 amide bonds. The lowest BCUT2D eigenvalue weighted by Crippen LogP contribution is -2.23. The van der Waals surface area contributed by atoms with Crippen LogP contribution in [0.5, 0.6) is 0 Å². The largest absolute Gasteiger partial charge is 0.396 e. The van der Waals surface area contributed by atoms with Crippen molar-refractivity contribution in [2.45, 2.75) is 6.54 Å². The second-order valence-corrected chi connectivity index (χ2v) is 4.63. The Labute approximate surface area is 116 Å². The van der Waals surface area contributed by atoms with Crippen LogP contribution in [0.1, 0.15) is 16.1 Å². The Morgan fingerprint density at radius 2 is 1.75 bits per heavy atom. The minimum atomic E-state index is -0.192. The van der Waals surface area contributed by atoms with Gasteiger partial charge in [-0.25, -0.2) is 0 Å². The van der Waals surface area contributed by atoms with E-state index in [9.17, 15) is 4.79 Å². The molecule has 20 heavy (non-hydrogen) atoms. The molecule has 4 heteroatoms. The zero-order valence-corrected chi connectivity index (χ0v) is 10.9. The Kier molecular flexibility index (Phi) is 3.13. The fraction of sp³-hybridized carbons (Fsp3) is 0.0625. The molecule has 0 aliphatic heterocycles. The number of carbonyl (C=O) groups is 1. The van der Waals surface area contributed by atoms with E-state index in [0.717, 1.165) is 16.5 Å².